The molecular weight excluding hydrogens is 376 g/mol. The van der Waals surface area contributed by atoms with Crippen molar-refractivity contribution in [3.63, 3.8) is 0 Å². The van der Waals surface area contributed by atoms with Gasteiger partial charge in [0.1, 0.15) is 12.2 Å². The Kier molecular flexibility index (Phi) is 19.3. The maximum atomic E-state index is 5.58. The van der Waals surface area contributed by atoms with Gasteiger partial charge in [0.05, 0.1) is 26.4 Å². The van der Waals surface area contributed by atoms with Gasteiger partial charge in [0.15, 0.2) is 0 Å². The van der Waals surface area contributed by atoms with Crippen LogP contribution in [0.2, 0.25) is 0 Å². The van der Waals surface area contributed by atoms with Gasteiger partial charge in [0.2, 0.25) is 0 Å². The van der Waals surface area contributed by atoms with Crippen molar-refractivity contribution in [2.75, 3.05) is 39.6 Å². The Morgan fingerprint density at radius 1 is 0.667 bits per heavy atom. The van der Waals surface area contributed by atoms with Crippen molar-refractivity contribution >= 4 is 0 Å². The number of rotatable bonds is 21. The van der Waals surface area contributed by atoms with Gasteiger partial charge in [-0.15, -0.1) is 0 Å². The molecule has 2 aliphatic heterocycles. The molecule has 0 aromatic heterocycles. The van der Waals surface area contributed by atoms with Crippen LogP contribution in [0, 0.1) is 5.92 Å². The summed E-state index contributed by atoms with van der Waals surface area (Å²) in [5.74, 6) is 0.763. The zero-order chi connectivity index (χ0) is 21.7. The number of hydrogen-bond acceptors (Lipinski definition) is 4. The van der Waals surface area contributed by atoms with Crippen LogP contribution in [0.1, 0.15) is 111 Å². The first-order chi connectivity index (χ1) is 14.8. The van der Waals surface area contributed by atoms with E-state index in [1.165, 1.54) is 89.9 Å². The van der Waals surface area contributed by atoms with Crippen molar-refractivity contribution in [3.8, 4) is 0 Å². The molecule has 2 fully saturated rings. The van der Waals surface area contributed by atoms with Crippen molar-refractivity contribution in [2.45, 2.75) is 123 Å². The molecule has 4 heteroatoms. The molecule has 0 N–H and O–H groups in total. The molecule has 0 aromatic carbocycles. The van der Waals surface area contributed by atoms with Gasteiger partial charge in [-0.2, -0.15) is 0 Å². The lowest BCUT2D eigenvalue weighted by Gasteiger charge is -2.13. The summed E-state index contributed by atoms with van der Waals surface area (Å²) in [6.45, 7) is 12.1. The highest BCUT2D eigenvalue weighted by atomic mass is 16.6. The molecule has 180 valence electrons. The highest BCUT2D eigenvalue weighted by molar-refractivity contribution is 4.68. The molecular formula is C26H52O4. The van der Waals surface area contributed by atoms with E-state index in [4.69, 9.17) is 18.9 Å². The van der Waals surface area contributed by atoms with E-state index >= 15 is 0 Å². The molecule has 0 saturated carbocycles. The number of unbranched alkanes of at least 4 members (excludes halogenated alkanes) is 10. The fourth-order valence-electron chi connectivity index (χ4n) is 3.50. The molecule has 2 rings (SSSR count). The second-order valence-corrected chi connectivity index (χ2v) is 9.12. The van der Waals surface area contributed by atoms with Crippen LogP contribution >= 0.6 is 0 Å². The molecule has 0 radical (unpaired) electrons. The fraction of sp³-hybridized carbons (Fsp3) is 1.00. The molecule has 3 unspecified atom stereocenters. The SMILES string of the molecule is CCCCC(CC)COCC1CO1.CCCCCCCCCCCCOCC1CO1. The van der Waals surface area contributed by atoms with E-state index in [0.717, 1.165) is 45.6 Å². The predicted octanol–water partition coefficient (Wildman–Crippen LogP) is 6.94. The summed E-state index contributed by atoms with van der Waals surface area (Å²) in [6.07, 6.45) is 19.9. The Balaban J connectivity index is 0.000000311. The van der Waals surface area contributed by atoms with Gasteiger partial charge < -0.3 is 18.9 Å². The number of hydrogen-bond donors (Lipinski definition) is 0. The van der Waals surface area contributed by atoms with Crippen LogP contribution in [0.4, 0.5) is 0 Å². The zero-order valence-corrected chi connectivity index (χ0v) is 20.5. The predicted molar refractivity (Wildman–Crippen MR) is 126 cm³/mol. The minimum Gasteiger partial charge on any atom is -0.379 e. The highest BCUT2D eigenvalue weighted by Gasteiger charge is 2.23. The van der Waals surface area contributed by atoms with Crippen LogP contribution in [0.25, 0.3) is 0 Å². The maximum Gasteiger partial charge on any atom is 0.104 e. The van der Waals surface area contributed by atoms with Crippen LogP contribution in [-0.2, 0) is 18.9 Å². The van der Waals surface area contributed by atoms with E-state index in [2.05, 4.69) is 20.8 Å². The lowest BCUT2D eigenvalue weighted by molar-refractivity contribution is 0.0813. The summed E-state index contributed by atoms with van der Waals surface area (Å²) in [7, 11) is 0. The lowest BCUT2D eigenvalue weighted by atomic mass is 10.0. The van der Waals surface area contributed by atoms with E-state index < -0.39 is 0 Å². The van der Waals surface area contributed by atoms with Gasteiger partial charge in [-0.05, 0) is 18.8 Å². The normalized spacial score (nSPS) is 20.5. The Hall–Kier alpha value is -0.160. The minimum absolute atomic E-state index is 0.420. The lowest BCUT2D eigenvalue weighted by Crippen LogP contribution is -2.11. The average molecular weight is 429 g/mol. The van der Waals surface area contributed by atoms with Crippen molar-refractivity contribution in [1.29, 1.82) is 0 Å². The second kappa shape index (κ2) is 20.7. The summed E-state index contributed by atoms with van der Waals surface area (Å²) < 4.78 is 21.3. The molecule has 0 aromatic rings. The number of ether oxygens (including phenoxy) is 4. The van der Waals surface area contributed by atoms with Crippen molar-refractivity contribution in [3.05, 3.63) is 0 Å². The number of epoxide rings is 2. The molecule has 2 heterocycles. The first kappa shape index (κ1) is 27.9. The molecule has 4 nitrogen and oxygen atoms in total. The monoisotopic (exact) mass is 428 g/mol. The fourth-order valence-corrected chi connectivity index (χ4v) is 3.50. The van der Waals surface area contributed by atoms with E-state index in [1.807, 2.05) is 0 Å². The molecule has 3 atom stereocenters. The van der Waals surface area contributed by atoms with Gasteiger partial charge in [0.25, 0.3) is 0 Å². The minimum atomic E-state index is 0.420. The third kappa shape index (κ3) is 19.8. The second-order valence-electron chi connectivity index (χ2n) is 9.12. The molecule has 30 heavy (non-hydrogen) atoms. The maximum absolute atomic E-state index is 5.58. The van der Waals surface area contributed by atoms with Crippen LogP contribution < -0.4 is 0 Å². The molecule has 0 spiro atoms. The molecule has 0 amide bonds. The van der Waals surface area contributed by atoms with Crippen LogP contribution in [0.5, 0.6) is 0 Å². The Morgan fingerprint density at radius 3 is 1.67 bits per heavy atom. The molecule has 0 aliphatic carbocycles. The van der Waals surface area contributed by atoms with E-state index in [-0.39, 0.29) is 0 Å². The summed E-state index contributed by atoms with van der Waals surface area (Å²) >= 11 is 0. The molecule has 2 aliphatic rings. The summed E-state index contributed by atoms with van der Waals surface area (Å²) in [5.41, 5.74) is 0. The first-order valence-electron chi connectivity index (χ1n) is 13.2. The van der Waals surface area contributed by atoms with Gasteiger partial charge in [-0.25, -0.2) is 0 Å². The van der Waals surface area contributed by atoms with Crippen molar-refractivity contribution in [1.82, 2.24) is 0 Å². The first-order valence-corrected chi connectivity index (χ1v) is 13.2. The van der Waals surface area contributed by atoms with Crippen molar-refractivity contribution < 1.29 is 18.9 Å². The van der Waals surface area contributed by atoms with Gasteiger partial charge >= 0.3 is 0 Å². The highest BCUT2D eigenvalue weighted by Crippen LogP contribution is 2.15. The summed E-state index contributed by atoms with van der Waals surface area (Å²) in [5, 5.41) is 0. The third-order valence-corrected chi connectivity index (χ3v) is 5.95. The third-order valence-electron chi connectivity index (χ3n) is 5.95. The van der Waals surface area contributed by atoms with Crippen LogP contribution in [-0.4, -0.2) is 51.8 Å². The largest absolute Gasteiger partial charge is 0.379 e. The smallest absolute Gasteiger partial charge is 0.104 e. The van der Waals surface area contributed by atoms with Crippen LogP contribution in [0.3, 0.4) is 0 Å². The summed E-state index contributed by atoms with van der Waals surface area (Å²) in [4.78, 5) is 0. The van der Waals surface area contributed by atoms with E-state index in [9.17, 15) is 0 Å². The molecule has 0 bridgehead atoms. The van der Waals surface area contributed by atoms with E-state index in [0.29, 0.717) is 12.2 Å². The van der Waals surface area contributed by atoms with Gasteiger partial charge in [-0.3, -0.25) is 0 Å². The Labute approximate surface area is 187 Å². The quantitative estimate of drug-likeness (QED) is 0.147. The summed E-state index contributed by atoms with van der Waals surface area (Å²) in [6, 6.07) is 0. The van der Waals surface area contributed by atoms with E-state index in [1.54, 1.807) is 0 Å². The van der Waals surface area contributed by atoms with Gasteiger partial charge in [-0.1, -0.05) is 97.8 Å². The Bertz CT molecular complexity index is 342. The van der Waals surface area contributed by atoms with Gasteiger partial charge in [0, 0.05) is 13.2 Å². The van der Waals surface area contributed by atoms with Crippen molar-refractivity contribution in [2.24, 2.45) is 5.92 Å². The average Bonchev–Trinajstić information content (AvgIpc) is 3.67. The van der Waals surface area contributed by atoms with Crippen LogP contribution in [0.15, 0.2) is 0 Å². The zero-order valence-electron chi connectivity index (χ0n) is 20.5. The topological polar surface area (TPSA) is 43.5 Å². The molecule has 2 saturated heterocycles. The standard InChI is InChI=1S/C15H30O2.C11H22O2/c1-2-3-4-5-6-7-8-9-10-11-12-16-13-15-14-17-15;1-3-5-6-10(4-2)7-12-8-11-9-13-11/h15H,2-14H2,1H3;10-11H,3-9H2,1-2H3. The Morgan fingerprint density at radius 2 is 1.17 bits per heavy atom.